The van der Waals surface area contributed by atoms with Crippen molar-refractivity contribution >= 4 is 48.2 Å². The molecule has 0 aliphatic carbocycles. The third-order valence-electron chi connectivity index (χ3n) is 25.4. The molecule has 0 aromatic heterocycles. The third kappa shape index (κ3) is 168. The van der Waals surface area contributed by atoms with E-state index in [0.717, 1.165) is 77.0 Å². The maximum Gasteiger partial charge on any atom is 6.00 e. The van der Waals surface area contributed by atoms with Crippen LogP contribution in [0.1, 0.15) is 658 Å². The van der Waals surface area contributed by atoms with Gasteiger partial charge in [-0.25, -0.2) is 0 Å². The van der Waals surface area contributed by atoms with Crippen LogP contribution in [0.4, 0.5) is 0 Å². The van der Waals surface area contributed by atoms with Crippen LogP contribution in [0.5, 0.6) is 0 Å². The molecule has 0 bridgehead atoms. The fourth-order valence-corrected chi connectivity index (χ4v) is 20.1. The van der Waals surface area contributed by atoms with Gasteiger partial charge in [0.25, 0.3) is 0 Å². The van der Waals surface area contributed by atoms with Crippen molar-refractivity contribution in [2.45, 2.75) is 658 Å². The van der Waals surface area contributed by atoms with Gasteiger partial charge in [0, 0.05) is 48.2 Å². The van der Waals surface area contributed by atoms with E-state index in [2.05, 4.69) is 41.5 Å². The van der Waals surface area contributed by atoms with Crippen molar-refractivity contribution in [3.05, 3.63) is 0 Å². The van der Waals surface area contributed by atoms with Crippen molar-refractivity contribution < 1.29 is 77.8 Å². The van der Waals surface area contributed by atoms with E-state index in [1.807, 2.05) is 0 Å². The fourth-order valence-electron chi connectivity index (χ4n) is 16.9. The van der Waals surface area contributed by atoms with Gasteiger partial charge in [-0.15, -0.1) is 0 Å². The van der Waals surface area contributed by atoms with E-state index in [1.165, 1.54) is 539 Å². The molecule has 0 heterocycles. The Labute approximate surface area is 815 Å². The van der Waals surface area contributed by atoms with Crippen molar-refractivity contribution in [1.82, 2.24) is 0 Å². The third-order valence-corrected chi connectivity index (χ3v) is 30.0. The maximum atomic E-state index is 10.4. The van der Waals surface area contributed by atoms with Gasteiger partial charge in [-0.2, -0.15) is 0 Å². The molecule has 0 amide bonds. The van der Waals surface area contributed by atoms with Crippen LogP contribution in [-0.4, -0.2) is 37.0 Å². The molecule has 768 valence electrons. The molecular formula is C108H228MoO12P6. The Kier molecular flexibility index (Phi) is 155. The zero-order chi connectivity index (χ0) is 93.6. The summed E-state index contributed by atoms with van der Waals surface area (Å²) >= 11 is 0. The van der Waals surface area contributed by atoms with Crippen LogP contribution in [-0.2, 0) is 48.5 Å². The summed E-state index contributed by atoms with van der Waals surface area (Å²) in [6, 6.07) is 0. The topological polar surface area (TPSA) is 241 Å². The molecule has 12 nitrogen and oxygen atoms in total. The largest absolute Gasteiger partial charge is 6.00 e. The predicted octanol–water partition coefficient (Wildman–Crippen LogP) is 36.5. The Morgan fingerprint density at radius 3 is 0.197 bits per heavy atom. The van der Waals surface area contributed by atoms with Gasteiger partial charge in [0.15, 0.2) is 0 Å². The van der Waals surface area contributed by atoms with Gasteiger partial charge in [-0.1, -0.05) is 619 Å². The standard InChI is InChI=1S/6C18H39O2P.Mo/c6*1-2-3-4-5-6-7-8-9-10-11-12-13-14-15-16-17-18-21(19)20;/h6*21H,2-18H2,1H3,(H,19,20);/q;;;;;;+6/p-6. The van der Waals surface area contributed by atoms with Crippen molar-refractivity contribution in [2.24, 2.45) is 0 Å². The summed E-state index contributed by atoms with van der Waals surface area (Å²) in [5.74, 6) is 0. The monoisotopic (exact) mass is 2000 g/mol. The van der Waals surface area contributed by atoms with Crippen LogP contribution in [0.25, 0.3) is 0 Å². The van der Waals surface area contributed by atoms with Crippen LogP contribution in [0, 0.1) is 0 Å². The Bertz CT molecular complexity index is 1680. The second-order valence-electron chi connectivity index (χ2n) is 38.6. The fraction of sp³-hybridized carbons (Fsp3) is 1.00. The molecule has 0 aliphatic heterocycles. The first-order chi connectivity index (χ1) is 61.6. The van der Waals surface area contributed by atoms with Gasteiger partial charge in [0.05, 0.1) is 0 Å². The van der Waals surface area contributed by atoms with Crippen molar-refractivity contribution in [3.8, 4) is 0 Å². The quantitative estimate of drug-likeness (QED) is 0.0314. The number of hydrogen-bond acceptors (Lipinski definition) is 12. The summed E-state index contributed by atoms with van der Waals surface area (Å²) in [7, 11) is -14.7. The van der Waals surface area contributed by atoms with E-state index < -0.39 is 48.2 Å². The normalized spacial score (nSPS) is 12.6. The molecule has 0 aromatic carbocycles. The van der Waals surface area contributed by atoms with E-state index in [0.29, 0.717) is 37.0 Å². The minimum absolute atomic E-state index is 0. The first kappa shape index (κ1) is 142. The van der Waals surface area contributed by atoms with Crippen molar-refractivity contribution in [2.75, 3.05) is 37.0 Å². The van der Waals surface area contributed by atoms with Gasteiger partial charge in [0.1, 0.15) is 0 Å². The van der Waals surface area contributed by atoms with E-state index in [1.54, 1.807) is 0 Å². The summed E-state index contributed by atoms with van der Waals surface area (Å²) in [5, 5.41) is 0. The number of rotatable bonds is 102. The maximum absolute atomic E-state index is 10.4. The molecule has 19 heteroatoms. The van der Waals surface area contributed by atoms with E-state index in [-0.39, 0.29) is 21.1 Å². The zero-order valence-electron chi connectivity index (χ0n) is 86.4. The molecule has 127 heavy (non-hydrogen) atoms. The van der Waals surface area contributed by atoms with Crippen LogP contribution >= 0.6 is 48.2 Å². The molecule has 0 aliphatic rings. The zero-order valence-corrected chi connectivity index (χ0v) is 94.4. The molecule has 0 saturated heterocycles. The molecule has 0 saturated carbocycles. The van der Waals surface area contributed by atoms with E-state index in [9.17, 15) is 56.8 Å². The van der Waals surface area contributed by atoms with Gasteiger partial charge >= 0.3 is 21.1 Å². The summed E-state index contributed by atoms with van der Waals surface area (Å²) in [6.45, 7) is 13.6. The number of hydrogen-bond donors (Lipinski definition) is 0. The van der Waals surface area contributed by atoms with Crippen LogP contribution < -0.4 is 29.4 Å². The summed E-state index contributed by atoms with van der Waals surface area (Å²) in [6.07, 6.45) is 131. The smallest absolute Gasteiger partial charge is 0.802 e. The van der Waals surface area contributed by atoms with E-state index in [4.69, 9.17) is 0 Å². The average Bonchev–Trinajstić information content (AvgIpc) is 1.15. The van der Waals surface area contributed by atoms with Crippen molar-refractivity contribution in [3.63, 3.8) is 0 Å². The molecule has 0 fully saturated rings. The molecule has 0 aromatic rings. The van der Waals surface area contributed by atoms with Gasteiger partial charge in [0.2, 0.25) is 0 Å². The molecule has 0 spiro atoms. The first-order valence-electron chi connectivity index (χ1n) is 56.8. The van der Waals surface area contributed by atoms with Gasteiger partial charge in [-0.05, 0) is 75.5 Å². The van der Waals surface area contributed by atoms with Crippen LogP contribution in [0.2, 0.25) is 0 Å². The first-order valence-corrected chi connectivity index (χ1v) is 66.0. The molecular weight excluding hydrogens is 1770 g/mol. The van der Waals surface area contributed by atoms with Crippen molar-refractivity contribution in [1.29, 1.82) is 0 Å². The summed E-state index contributed by atoms with van der Waals surface area (Å²) in [4.78, 5) is 62.5. The predicted molar refractivity (Wildman–Crippen MR) is 560 cm³/mol. The molecule has 0 rings (SSSR count). The minimum Gasteiger partial charge on any atom is -0.802 e. The van der Waals surface area contributed by atoms with E-state index >= 15 is 0 Å². The second-order valence-corrected chi connectivity index (χ2v) is 46.0. The Morgan fingerprint density at radius 1 is 0.102 bits per heavy atom. The molecule has 0 N–H and O–H groups in total. The SMILES string of the molecule is CCCCCCCCCCCCCCCCCC[PH](=O)[O-].CCCCCCCCCCCCCCCCCC[PH](=O)[O-].CCCCCCCCCCCCCCCCCC[PH](=O)[O-].CCCCCCCCCCCCCCCCCC[PH](=O)[O-].CCCCCCCCCCCCCCCCCC[PH](=O)[O-].CCCCCCCCCCCCCCCCCC[PH](=O)[O-].[Mo+6]. The summed E-state index contributed by atoms with van der Waals surface area (Å²) < 4.78 is 62.5. The molecule has 6 unspecified atom stereocenters. The number of unbranched alkanes of at least 4 members (excludes halogenated alkanes) is 90. The minimum atomic E-state index is -2.45. The van der Waals surface area contributed by atoms with Crippen LogP contribution in [0.3, 0.4) is 0 Å². The summed E-state index contributed by atoms with van der Waals surface area (Å²) in [5.41, 5.74) is 0. The second kappa shape index (κ2) is 139. The van der Waals surface area contributed by atoms with Crippen LogP contribution in [0.15, 0.2) is 0 Å². The van der Waals surface area contributed by atoms with Gasteiger partial charge < -0.3 is 56.8 Å². The Morgan fingerprint density at radius 2 is 0.150 bits per heavy atom. The van der Waals surface area contributed by atoms with Gasteiger partial charge in [-0.3, -0.25) is 0 Å². The molecule has 6 atom stereocenters. The average molecular weight is 2000 g/mol. The Hall–Kier alpha value is 1.83. The molecule has 0 radical (unpaired) electrons. The Balaban J connectivity index is -0.000000272.